The summed E-state index contributed by atoms with van der Waals surface area (Å²) in [5.41, 5.74) is -0.601. The highest BCUT2D eigenvalue weighted by molar-refractivity contribution is 6.19. The molecule has 2 N–H and O–H groups in total. The highest BCUT2D eigenvalue weighted by Gasteiger charge is 2.30. The van der Waals surface area contributed by atoms with E-state index in [4.69, 9.17) is 4.74 Å². The Kier molecular flexibility index (Phi) is 7.62. The number of halogens is 5. The zero-order valence-electron chi connectivity index (χ0n) is 15.7. The number of ether oxygens (including phenoxy) is 2. The molecule has 0 radical (unpaired) electrons. The fraction of sp³-hybridized carbons (Fsp3) is 0.250. The van der Waals surface area contributed by atoms with Gasteiger partial charge in [-0.3, -0.25) is 4.79 Å². The normalized spacial score (nSPS) is 12.0. The second kappa shape index (κ2) is 9.95. The minimum atomic E-state index is -4.57. The summed E-state index contributed by atoms with van der Waals surface area (Å²) < 4.78 is 71.9. The molecular formula is C20H18F5NO4. The van der Waals surface area contributed by atoms with Gasteiger partial charge < -0.3 is 19.9 Å². The number of nitrogens with one attached hydrogen (secondary N) is 1. The Morgan fingerprint density at radius 2 is 1.83 bits per heavy atom. The molecule has 0 saturated heterocycles. The molecule has 0 unspecified atom stereocenters. The predicted octanol–water partition coefficient (Wildman–Crippen LogP) is 4.36. The van der Waals surface area contributed by atoms with Crippen LogP contribution in [0.5, 0.6) is 11.5 Å². The van der Waals surface area contributed by atoms with Crippen LogP contribution in [0.25, 0.3) is 5.57 Å². The molecule has 0 spiro atoms. The molecule has 0 heterocycles. The van der Waals surface area contributed by atoms with Crippen molar-refractivity contribution in [1.82, 2.24) is 5.32 Å². The van der Waals surface area contributed by atoms with Crippen molar-refractivity contribution in [3.63, 3.8) is 0 Å². The Hall–Kier alpha value is -3.30. The van der Waals surface area contributed by atoms with Gasteiger partial charge in [-0.2, -0.15) is 22.0 Å². The lowest BCUT2D eigenvalue weighted by Crippen LogP contribution is -2.27. The minimum absolute atomic E-state index is 0.0209. The van der Waals surface area contributed by atoms with Crippen molar-refractivity contribution in [3.05, 3.63) is 65.4 Å². The molecule has 2 aromatic rings. The largest absolute Gasteiger partial charge is 0.504 e. The van der Waals surface area contributed by atoms with Gasteiger partial charge >= 0.3 is 12.8 Å². The number of carbonyl (C=O) groups excluding carboxylic acids is 1. The molecule has 2 rings (SSSR count). The molecule has 0 aliphatic carbocycles. The van der Waals surface area contributed by atoms with Crippen molar-refractivity contribution < 1.29 is 41.3 Å². The van der Waals surface area contributed by atoms with Crippen LogP contribution in [0.15, 0.2) is 48.7 Å². The van der Waals surface area contributed by atoms with Gasteiger partial charge in [0.25, 0.3) is 5.91 Å². The maximum atomic E-state index is 12.7. The molecule has 0 atom stereocenters. The van der Waals surface area contributed by atoms with E-state index in [1.54, 1.807) is 12.1 Å². The summed E-state index contributed by atoms with van der Waals surface area (Å²) >= 11 is 0. The van der Waals surface area contributed by atoms with Crippen LogP contribution >= 0.6 is 0 Å². The lowest BCUT2D eigenvalue weighted by Gasteiger charge is -2.12. The van der Waals surface area contributed by atoms with E-state index in [2.05, 4.69) is 10.1 Å². The summed E-state index contributed by atoms with van der Waals surface area (Å²) in [7, 11) is 1.38. The van der Waals surface area contributed by atoms with E-state index in [1.807, 2.05) is 0 Å². The molecule has 2 aromatic carbocycles. The Balaban J connectivity index is 2.11. The van der Waals surface area contributed by atoms with Gasteiger partial charge in [0.1, 0.15) is 6.26 Å². The Morgan fingerprint density at radius 3 is 2.40 bits per heavy atom. The number of phenols is 1. The maximum absolute atomic E-state index is 12.7. The summed E-state index contributed by atoms with van der Waals surface area (Å²) in [5.74, 6) is -0.613. The van der Waals surface area contributed by atoms with E-state index in [9.17, 15) is 31.9 Å². The van der Waals surface area contributed by atoms with Gasteiger partial charge in [-0.15, -0.1) is 0 Å². The molecule has 1 amide bonds. The fourth-order valence-corrected chi connectivity index (χ4v) is 2.50. The number of rotatable bonds is 8. The van der Waals surface area contributed by atoms with E-state index in [0.29, 0.717) is 18.2 Å². The van der Waals surface area contributed by atoms with Crippen LogP contribution in [0.2, 0.25) is 0 Å². The van der Waals surface area contributed by atoms with Crippen LogP contribution < -0.4 is 10.1 Å². The molecule has 0 aromatic heterocycles. The van der Waals surface area contributed by atoms with Gasteiger partial charge in [-0.05, 0) is 41.8 Å². The lowest BCUT2D eigenvalue weighted by molar-refractivity contribution is -0.137. The van der Waals surface area contributed by atoms with Gasteiger partial charge in [0.2, 0.25) is 0 Å². The molecule has 0 saturated carbocycles. The minimum Gasteiger partial charge on any atom is -0.504 e. The third-order valence-electron chi connectivity index (χ3n) is 4.00. The number of aromatic hydroxyl groups is 1. The Labute approximate surface area is 168 Å². The van der Waals surface area contributed by atoms with E-state index < -0.39 is 24.3 Å². The van der Waals surface area contributed by atoms with Gasteiger partial charge in [-0.1, -0.05) is 18.2 Å². The first-order valence-electron chi connectivity index (χ1n) is 8.57. The van der Waals surface area contributed by atoms with Crippen LogP contribution in [0.1, 0.15) is 16.7 Å². The van der Waals surface area contributed by atoms with Crippen molar-refractivity contribution >= 4 is 11.5 Å². The SMILES string of the molecule is COc1cc(CCNC(=O)C(=COC(F)F)c2ccc(C(F)(F)F)cc2)ccc1O. The summed E-state index contributed by atoms with van der Waals surface area (Å²) in [5, 5.41) is 12.1. The van der Waals surface area contributed by atoms with E-state index >= 15 is 0 Å². The third-order valence-corrected chi connectivity index (χ3v) is 4.00. The second-order valence-electron chi connectivity index (χ2n) is 6.02. The Bertz CT molecular complexity index is 895. The zero-order valence-corrected chi connectivity index (χ0v) is 15.7. The Morgan fingerprint density at radius 1 is 1.17 bits per heavy atom. The molecular weight excluding hydrogens is 413 g/mol. The van der Waals surface area contributed by atoms with Crippen molar-refractivity contribution in [2.45, 2.75) is 19.2 Å². The summed E-state index contributed by atoms with van der Waals surface area (Å²) in [6.07, 6.45) is -3.75. The number of benzene rings is 2. The average Bonchev–Trinajstić information content (AvgIpc) is 2.69. The molecule has 0 aliphatic rings. The van der Waals surface area contributed by atoms with Crippen molar-refractivity contribution in [3.8, 4) is 11.5 Å². The number of alkyl halides is 5. The van der Waals surface area contributed by atoms with Crippen molar-refractivity contribution in [2.75, 3.05) is 13.7 Å². The topological polar surface area (TPSA) is 67.8 Å². The van der Waals surface area contributed by atoms with Crippen LogP contribution in [0.3, 0.4) is 0 Å². The molecule has 10 heteroatoms. The smallest absolute Gasteiger partial charge is 0.416 e. The maximum Gasteiger partial charge on any atom is 0.416 e. The molecule has 162 valence electrons. The number of amides is 1. The number of hydrogen-bond acceptors (Lipinski definition) is 4. The van der Waals surface area contributed by atoms with Crippen LogP contribution in [0, 0.1) is 0 Å². The predicted molar refractivity (Wildman–Crippen MR) is 97.9 cm³/mol. The summed E-state index contributed by atoms with van der Waals surface area (Å²) in [6, 6.07) is 8.05. The number of carbonyl (C=O) groups is 1. The first kappa shape index (κ1) is 23.0. The van der Waals surface area contributed by atoms with Gasteiger partial charge in [-0.25, -0.2) is 0 Å². The summed E-state index contributed by atoms with van der Waals surface area (Å²) in [4.78, 5) is 12.4. The van der Waals surface area contributed by atoms with Crippen molar-refractivity contribution in [1.29, 1.82) is 0 Å². The lowest BCUT2D eigenvalue weighted by atomic mass is 10.0. The van der Waals surface area contributed by atoms with E-state index in [-0.39, 0.29) is 29.2 Å². The van der Waals surface area contributed by atoms with Crippen molar-refractivity contribution in [2.24, 2.45) is 0 Å². The standard InChI is InChI=1S/C20H18F5NO4/c1-29-17-10-12(2-7-16(17)27)8-9-26-18(28)15(11-30-19(21)22)13-3-5-14(6-4-13)20(23,24)25/h2-7,10-11,19,27H,8-9H2,1H3,(H,26,28). The molecule has 0 aliphatic heterocycles. The second-order valence-corrected chi connectivity index (χ2v) is 6.02. The molecule has 30 heavy (non-hydrogen) atoms. The molecule has 0 bridgehead atoms. The van der Waals surface area contributed by atoms with E-state index in [0.717, 1.165) is 24.3 Å². The summed E-state index contributed by atoms with van der Waals surface area (Å²) in [6.45, 7) is -3.12. The highest BCUT2D eigenvalue weighted by Crippen LogP contribution is 2.30. The molecule has 5 nitrogen and oxygen atoms in total. The van der Waals surface area contributed by atoms with Crippen LogP contribution in [-0.4, -0.2) is 31.3 Å². The van der Waals surface area contributed by atoms with Gasteiger partial charge in [0, 0.05) is 6.54 Å². The number of methoxy groups -OCH3 is 1. The zero-order chi connectivity index (χ0) is 22.3. The highest BCUT2D eigenvalue weighted by atomic mass is 19.4. The fourth-order valence-electron chi connectivity index (χ4n) is 2.50. The molecule has 0 fully saturated rings. The first-order valence-corrected chi connectivity index (χ1v) is 8.57. The van der Waals surface area contributed by atoms with Crippen LogP contribution in [0.4, 0.5) is 22.0 Å². The van der Waals surface area contributed by atoms with Crippen LogP contribution in [-0.2, 0) is 22.1 Å². The van der Waals surface area contributed by atoms with Gasteiger partial charge in [0.05, 0.1) is 18.2 Å². The first-order chi connectivity index (χ1) is 14.1. The number of hydrogen-bond donors (Lipinski definition) is 2. The average molecular weight is 431 g/mol. The monoisotopic (exact) mass is 431 g/mol. The van der Waals surface area contributed by atoms with E-state index in [1.165, 1.54) is 13.2 Å². The number of phenolic OH excluding ortho intramolecular Hbond substituents is 1. The quantitative estimate of drug-likeness (QED) is 0.370. The van der Waals surface area contributed by atoms with Gasteiger partial charge in [0.15, 0.2) is 11.5 Å². The third kappa shape index (κ3) is 6.36.